The molecule has 0 aliphatic carbocycles. The van der Waals surface area contributed by atoms with E-state index in [0.717, 1.165) is 6.07 Å². The first-order chi connectivity index (χ1) is 7.86. The SMILES string of the molecule is COc1ccc(C(C)(O)CCC(=O)O)cc1F. The van der Waals surface area contributed by atoms with E-state index in [-0.39, 0.29) is 18.6 Å². The summed E-state index contributed by atoms with van der Waals surface area (Å²) >= 11 is 0. The third-order valence-electron chi connectivity index (χ3n) is 2.60. The Kier molecular flexibility index (Phi) is 4.07. The summed E-state index contributed by atoms with van der Waals surface area (Å²) in [7, 11) is 1.35. The van der Waals surface area contributed by atoms with Gasteiger partial charge in [0.05, 0.1) is 12.7 Å². The smallest absolute Gasteiger partial charge is 0.303 e. The van der Waals surface area contributed by atoms with Crippen LogP contribution in [0.25, 0.3) is 0 Å². The van der Waals surface area contributed by atoms with E-state index < -0.39 is 17.4 Å². The van der Waals surface area contributed by atoms with E-state index in [9.17, 15) is 14.3 Å². The molecule has 0 heterocycles. The molecule has 2 N–H and O–H groups in total. The van der Waals surface area contributed by atoms with Crippen molar-refractivity contribution in [1.82, 2.24) is 0 Å². The number of ether oxygens (including phenoxy) is 1. The van der Waals surface area contributed by atoms with Gasteiger partial charge in [-0.15, -0.1) is 0 Å². The minimum Gasteiger partial charge on any atom is -0.494 e. The van der Waals surface area contributed by atoms with E-state index in [4.69, 9.17) is 9.84 Å². The average molecular weight is 242 g/mol. The van der Waals surface area contributed by atoms with Gasteiger partial charge in [0, 0.05) is 6.42 Å². The van der Waals surface area contributed by atoms with Gasteiger partial charge < -0.3 is 14.9 Å². The Morgan fingerprint density at radius 3 is 2.65 bits per heavy atom. The Labute approximate surface area is 98.7 Å². The molecular formula is C12H15FO4. The molecule has 0 amide bonds. The highest BCUT2D eigenvalue weighted by Gasteiger charge is 2.25. The lowest BCUT2D eigenvalue weighted by Gasteiger charge is -2.23. The lowest BCUT2D eigenvalue weighted by atomic mass is 9.91. The Morgan fingerprint density at radius 1 is 1.53 bits per heavy atom. The van der Waals surface area contributed by atoms with Gasteiger partial charge in [-0.1, -0.05) is 6.07 Å². The van der Waals surface area contributed by atoms with Crippen molar-refractivity contribution in [2.75, 3.05) is 7.11 Å². The highest BCUT2D eigenvalue weighted by atomic mass is 19.1. The fraction of sp³-hybridized carbons (Fsp3) is 0.417. The number of hydrogen-bond acceptors (Lipinski definition) is 3. The molecule has 0 spiro atoms. The standard InChI is InChI=1S/C12H15FO4/c1-12(16,6-5-11(14)15)8-3-4-10(17-2)9(13)7-8/h3-4,7,16H,5-6H2,1-2H3,(H,14,15). The van der Waals surface area contributed by atoms with Crippen LogP contribution in [0.1, 0.15) is 25.3 Å². The molecule has 4 nitrogen and oxygen atoms in total. The van der Waals surface area contributed by atoms with Gasteiger partial charge in [-0.25, -0.2) is 4.39 Å². The van der Waals surface area contributed by atoms with Crippen LogP contribution in [0.5, 0.6) is 5.75 Å². The van der Waals surface area contributed by atoms with E-state index in [1.165, 1.54) is 26.2 Å². The monoisotopic (exact) mass is 242 g/mol. The second-order valence-corrected chi connectivity index (χ2v) is 4.02. The maximum absolute atomic E-state index is 13.4. The van der Waals surface area contributed by atoms with Crippen LogP contribution < -0.4 is 4.74 Å². The van der Waals surface area contributed by atoms with Gasteiger partial charge in [0.15, 0.2) is 11.6 Å². The molecule has 0 saturated carbocycles. The van der Waals surface area contributed by atoms with Gasteiger partial charge >= 0.3 is 5.97 Å². The Bertz CT molecular complexity index is 415. The molecule has 0 aliphatic heterocycles. The maximum atomic E-state index is 13.4. The minimum absolute atomic E-state index is 0.0219. The van der Waals surface area contributed by atoms with E-state index in [1.54, 1.807) is 0 Å². The molecule has 1 aromatic carbocycles. The summed E-state index contributed by atoms with van der Waals surface area (Å²) in [6.45, 7) is 1.46. The summed E-state index contributed by atoms with van der Waals surface area (Å²) in [5.74, 6) is -1.50. The molecule has 0 radical (unpaired) electrons. The largest absolute Gasteiger partial charge is 0.494 e. The van der Waals surface area contributed by atoms with Crippen molar-refractivity contribution in [3.05, 3.63) is 29.6 Å². The van der Waals surface area contributed by atoms with E-state index in [0.29, 0.717) is 5.56 Å². The van der Waals surface area contributed by atoms with Gasteiger partial charge in [-0.3, -0.25) is 4.79 Å². The average Bonchev–Trinajstić information content (AvgIpc) is 2.26. The lowest BCUT2D eigenvalue weighted by molar-refractivity contribution is -0.138. The number of hydrogen-bond donors (Lipinski definition) is 2. The normalized spacial score (nSPS) is 14.1. The minimum atomic E-state index is -1.37. The quantitative estimate of drug-likeness (QED) is 0.827. The number of aliphatic carboxylic acids is 1. The summed E-state index contributed by atoms with van der Waals surface area (Å²) in [5, 5.41) is 18.6. The molecule has 94 valence electrons. The number of aliphatic hydroxyl groups is 1. The van der Waals surface area contributed by atoms with Crippen LogP contribution >= 0.6 is 0 Å². The third-order valence-corrected chi connectivity index (χ3v) is 2.60. The van der Waals surface area contributed by atoms with Crippen molar-refractivity contribution >= 4 is 5.97 Å². The number of carboxylic acids is 1. The van der Waals surface area contributed by atoms with Gasteiger partial charge in [0.1, 0.15) is 0 Å². The van der Waals surface area contributed by atoms with Crippen molar-refractivity contribution in [3.8, 4) is 5.75 Å². The summed E-state index contributed by atoms with van der Waals surface area (Å²) in [6.07, 6.45) is -0.158. The summed E-state index contributed by atoms with van der Waals surface area (Å²) in [5.41, 5.74) is -1.04. The van der Waals surface area contributed by atoms with Crippen LogP contribution in [0.3, 0.4) is 0 Å². The zero-order valence-electron chi connectivity index (χ0n) is 9.74. The fourth-order valence-electron chi connectivity index (χ4n) is 1.50. The zero-order valence-corrected chi connectivity index (χ0v) is 9.74. The van der Waals surface area contributed by atoms with Crippen LogP contribution in [0.2, 0.25) is 0 Å². The van der Waals surface area contributed by atoms with Gasteiger partial charge in [-0.2, -0.15) is 0 Å². The number of halogens is 1. The van der Waals surface area contributed by atoms with Gasteiger partial charge in [0.2, 0.25) is 0 Å². The molecule has 5 heteroatoms. The molecule has 0 aromatic heterocycles. The topological polar surface area (TPSA) is 66.8 Å². The molecule has 0 bridgehead atoms. The molecule has 1 unspecified atom stereocenters. The van der Waals surface area contributed by atoms with Crippen LogP contribution in [0, 0.1) is 5.82 Å². The number of rotatable bonds is 5. The maximum Gasteiger partial charge on any atom is 0.303 e. The van der Waals surface area contributed by atoms with E-state index in [2.05, 4.69) is 0 Å². The van der Waals surface area contributed by atoms with Crippen molar-refractivity contribution in [2.45, 2.75) is 25.4 Å². The van der Waals surface area contributed by atoms with Crippen molar-refractivity contribution in [3.63, 3.8) is 0 Å². The Balaban J connectivity index is 2.90. The Morgan fingerprint density at radius 2 is 2.18 bits per heavy atom. The first-order valence-electron chi connectivity index (χ1n) is 5.15. The second-order valence-electron chi connectivity index (χ2n) is 4.02. The molecule has 1 aromatic rings. The van der Waals surface area contributed by atoms with Crippen LogP contribution in [-0.4, -0.2) is 23.3 Å². The highest BCUT2D eigenvalue weighted by molar-refractivity contribution is 5.66. The van der Waals surface area contributed by atoms with Crippen molar-refractivity contribution in [1.29, 1.82) is 0 Å². The van der Waals surface area contributed by atoms with Crippen LogP contribution in [0.15, 0.2) is 18.2 Å². The molecule has 17 heavy (non-hydrogen) atoms. The van der Waals surface area contributed by atoms with E-state index in [1.807, 2.05) is 0 Å². The predicted molar refractivity (Wildman–Crippen MR) is 59.4 cm³/mol. The molecule has 1 rings (SSSR count). The summed E-state index contributed by atoms with van der Waals surface area (Å²) in [4.78, 5) is 10.4. The number of carboxylic acid groups (broad SMARTS) is 1. The first-order valence-corrected chi connectivity index (χ1v) is 5.15. The molecule has 0 aliphatic rings. The number of carbonyl (C=O) groups is 1. The summed E-state index contributed by atoms with van der Waals surface area (Å²) < 4.78 is 18.2. The lowest BCUT2D eigenvalue weighted by Crippen LogP contribution is -2.22. The molecule has 0 saturated heterocycles. The third kappa shape index (κ3) is 3.42. The van der Waals surface area contributed by atoms with Gasteiger partial charge in [0.25, 0.3) is 0 Å². The van der Waals surface area contributed by atoms with Crippen molar-refractivity contribution < 1.29 is 24.1 Å². The molecule has 0 fully saturated rings. The second kappa shape index (κ2) is 5.14. The predicted octanol–water partition coefficient (Wildman–Crippen LogP) is 1.91. The first kappa shape index (κ1) is 13.4. The molecule has 1 atom stereocenters. The van der Waals surface area contributed by atoms with E-state index >= 15 is 0 Å². The van der Waals surface area contributed by atoms with Crippen molar-refractivity contribution in [2.24, 2.45) is 0 Å². The summed E-state index contributed by atoms with van der Waals surface area (Å²) in [6, 6.07) is 4.07. The number of benzene rings is 1. The molecular weight excluding hydrogens is 227 g/mol. The highest BCUT2D eigenvalue weighted by Crippen LogP contribution is 2.29. The van der Waals surface area contributed by atoms with Crippen LogP contribution in [-0.2, 0) is 10.4 Å². The zero-order chi connectivity index (χ0) is 13.1. The Hall–Kier alpha value is -1.62. The number of methoxy groups -OCH3 is 1. The van der Waals surface area contributed by atoms with Gasteiger partial charge in [-0.05, 0) is 31.0 Å². The van der Waals surface area contributed by atoms with Crippen LogP contribution in [0.4, 0.5) is 4.39 Å². The fourth-order valence-corrected chi connectivity index (χ4v) is 1.50.